The van der Waals surface area contributed by atoms with Crippen molar-refractivity contribution < 1.29 is 0 Å². The third-order valence-corrected chi connectivity index (χ3v) is 11.2. The first-order valence-electron chi connectivity index (χ1n) is 15.4. The van der Waals surface area contributed by atoms with E-state index in [0.717, 1.165) is 50.8 Å². The Morgan fingerprint density at radius 2 is 0.500 bits per heavy atom. The second-order valence-corrected chi connectivity index (χ2v) is 13.1. The highest BCUT2D eigenvalue weighted by Crippen LogP contribution is 2.39. The van der Waals surface area contributed by atoms with Gasteiger partial charge in [0.1, 0.15) is 0 Å². The lowest BCUT2D eigenvalue weighted by atomic mass is 10.1. The molecule has 6 aromatic carbocycles. The van der Waals surface area contributed by atoms with Gasteiger partial charge in [0, 0.05) is 34.2 Å². The number of rotatable bonds is 12. The molecule has 6 rings (SSSR count). The first-order chi connectivity index (χ1) is 22.6. The Balaban J connectivity index is 1.69. The van der Waals surface area contributed by atoms with E-state index in [1.54, 1.807) is 0 Å². The van der Waals surface area contributed by atoms with Crippen LogP contribution in [-0.2, 0) is 0 Å². The van der Waals surface area contributed by atoms with Crippen LogP contribution in [0.1, 0.15) is 16.7 Å². The monoisotopic (exact) mass is 611 g/mol. The Bertz CT molecular complexity index is 1650. The van der Waals surface area contributed by atoms with Crippen LogP contribution < -0.4 is 13.7 Å². The first kappa shape index (κ1) is 30.2. The number of anilines is 3. The van der Waals surface area contributed by atoms with Crippen LogP contribution in [-0.4, -0.2) is 9.28 Å². The zero-order chi connectivity index (χ0) is 31.7. The molecule has 0 bridgehead atoms. The predicted molar refractivity (Wildman–Crippen MR) is 200 cm³/mol. The lowest BCUT2D eigenvalue weighted by Crippen LogP contribution is -2.62. The highest BCUT2D eigenvalue weighted by molar-refractivity contribution is 6.76. The van der Waals surface area contributed by atoms with Gasteiger partial charge in [-0.2, -0.15) is 0 Å². The molecule has 0 aliphatic heterocycles. The molecule has 0 fully saturated rings. The van der Waals surface area contributed by atoms with Crippen molar-refractivity contribution in [3.63, 3.8) is 0 Å². The largest absolute Gasteiger partial charge is 0.377 e. The van der Waals surface area contributed by atoms with Gasteiger partial charge in [-0.1, -0.05) is 165 Å². The summed E-state index contributed by atoms with van der Waals surface area (Å²) in [5.74, 6) is 0. The van der Waals surface area contributed by atoms with Crippen LogP contribution in [0.15, 0.2) is 202 Å². The average Bonchev–Trinajstić information content (AvgIpc) is 3.14. The summed E-state index contributed by atoms with van der Waals surface area (Å²) in [5, 5.41) is 0. The fourth-order valence-corrected chi connectivity index (χ4v) is 9.00. The van der Waals surface area contributed by atoms with Crippen molar-refractivity contribution in [2.24, 2.45) is 0 Å². The molecule has 0 saturated heterocycles. The van der Waals surface area contributed by atoms with Crippen LogP contribution >= 0.6 is 0 Å². The summed E-state index contributed by atoms with van der Waals surface area (Å²) in [7, 11) is -2.74. The van der Waals surface area contributed by atoms with Gasteiger partial charge in [-0.25, -0.2) is 0 Å². The first-order valence-corrected chi connectivity index (χ1v) is 16.9. The summed E-state index contributed by atoms with van der Waals surface area (Å²) in [6, 6.07) is 62.9. The molecule has 0 radical (unpaired) electrons. The predicted octanol–water partition coefficient (Wildman–Crippen LogP) is 10.2. The van der Waals surface area contributed by atoms with Crippen molar-refractivity contribution >= 4 is 43.4 Å². The van der Waals surface area contributed by atoms with Gasteiger partial charge in [0.15, 0.2) is 0 Å². The fourth-order valence-electron chi connectivity index (χ4n) is 5.71. The van der Waals surface area contributed by atoms with Gasteiger partial charge in [-0.3, -0.25) is 0 Å². The molecule has 224 valence electrons. The van der Waals surface area contributed by atoms with Gasteiger partial charge in [-0.15, -0.1) is 0 Å². The molecular weight excluding hydrogens is 575 g/mol. The van der Waals surface area contributed by atoms with Gasteiger partial charge in [0.05, 0.1) is 0 Å². The van der Waals surface area contributed by atoms with E-state index in [0.29, 0.717) is 0 Å². The lowest BCUT2D eigenvalue weighted by Gasteiger charge is -2.48. The smallest absolute Gasteiger partial charge is 0.336 e. The van der Waals surface area contributed by atoms with Gasteiger partial charge >= 0.3 is 9.28 Å². The molecule has 0 heterocycles. The SMILES string of the molecule is C=C(c1ccccc1)N(c1ccccc1)[SiH](N(C(=C)c1ccccc1)c1ccccc1)N(C(=C)c1ccccc1)c1ccccc1. The number of benzene rings is 6. The maximum atomic E-state index is 4.79. The number of hydrogen-bond donors (Lipinski definition) is 0. The minimum Gasteiger partial charge on any atom is -0.336 e. The van der Waals surface area contributed by atoms with Crippen LogP contribution in [0.5, 0.6) is 0 Å². The molecule has 0 aliphatic rings. The molecule has 46 heavy (non-hydrogen) atoms. The van der Waals surface area contributed by atoms with Crippen molar-refractivity contribution in [2.75, 3.05) is 13.7 Å². The van der Waals surface area contributed by atoms with E-state index >= 15 is 0 Å². The maximum Gasteiger partial charge on any atom is 0.377 e. The van der Waals surface area contributed by atoms with Crippen LogP contribution in [0.3, 0.4) is 0 Å². The molecule has 0 atom stereocenters. The Labute approximate surface area is 274 Å². The third-order valence-electron chi connectivity index (χ3n) is 7.99. The summed E-state index contributed by atoms with van der Waals surface area (Å²) < 4.78 is 7.28. The zero-order valence-corrected chi connectivity index (χ0v) is 27.0. The second kappa shape index (κ2) is 14.3. The quantitative estimate of drug-likeness (QED) is 0.128. The number of para-hydroxylation sites is 3. The molecule has 0 N–H and O–H groups in total. The van der Waals surface area contributed by atoms with Crippen molar-refractivity contribution in [1.29, 1.82) is 0 Å². The molecule has 0 unspecified atom stereocenters. The Kier molecular flexibility index (Phi) is 9.38. The zero-order valence-electron chi connectivity index (χ0n) is 25.9. The maximum absolute atomic E-state index is 4.79. The number of hydrogen-bond acceptors (Lipinski definition) is 3. The van der Waals surface area contributed by atoms with E-state index < -0.39 is 9.28 Å². The minimum atomic E-state index is -2.74. The number of nitrogens with zero attached hydrogens (tertiary/aromatic N) is 3. The van der Waals surface area contributed by atoms with Crippen LogP contribution in [0.25, 0.3) is 17.1 Å². The van der Waals surface area contributed by atoms with Crippen LogP contribution in [0, 0.1) is 0 Å². The summed E-state index contributed by atoms with van der Waals surface area (Å²) in [5.41, 5.74) is 8.93. The van der Waals surface area contributed by atoms with Gasteiger partial charge in [0.2, 0.25) is 0 Å². The molecule has 0 saturated carbocycles. The molecule has 0 aliphatic carbocycles. The van der Waals surface area contributed by atoms with Gasteiger partial charge in [-0.05, 0) is 53.1 Å². The Hall–Kier alpha value is -5.84. The van der Waals surface area contributed by atoms with E-state index in [1.807, 2.05) is 18.2 Å². The van der Waals surface area contributed by atoms with Gasteiger partial charge in [0.25, 0.3) is 0 Å². The highest BCUT2D eigenvalue weighted by Gasteiger charge is 2.40. The lowest BCUT2D eigenvalue weighted by molar-refractivity contribution is 1.22. The van der Waals surface area contributed by atoms with E-state index in [1.165, 1.54) is 0 Å². The summed E-state index contributed by atoms with van der Waals surface area (Å²) in [4.78, 5) is 0. The second-order valence-electron chi connectivity index (χ2n) is 10.9. The normalized spacial score (nSPS) is 10.6. The Morgan fingerprint density at radius 3 is 0.717 bits per heavy atom. The molecule has 3 nitrogen and oxygen atoms in total. The minimum absolute atomic E-state index is 0.895. The van der Waals surface area contributed by atoms with Crippen LogP contribution in [0.4, 0.5) is 17.1 Å². The van der Waals surface area contributed by atoms with Crippen molar-refractivity contribution in [3.05, 3.63) is 218 Å². The standard InChI is InChI=1S/C42H37N3Si/c1-34(37-22-10-4-11-23-37)43(40-28-16-7-17-29-40)46(44(41-30-18-8-19-31-41)35(2)38-24-12-5-13-25-38)45(42-32-20-9-21-33-42)36(3)39-26-14-6-15-27-39/h4-33,46H,1-3H2. The summed E-state index contributed by atoms with van der Waals surface area (Å²) >= 11 is 0. The molecule has 0 spiro atoms. The molecular formula is C42H37N3Si. The van der Waals surface area contributed by atoms with E-state index in [9.17, 15) is 0 Å². The van der Waals surface area contributed by atoms with E-state index in [-0.39, 0.29) is 0 Å². The third kappa shape index (κ3) is 6.48. The average molecular weight is 612 g/mol. The highest BCUT2D eigenvalue weighted by atomic mass is 28.3. The molecule has 4 heteroatoms. The van der Waals surface area contributed by atoms with E-state index in [4.69, 9.17) is 19.7 Å². The van der Waals surface area contributed by atoms with Crippen molar-refractivity contribution in [3.8, 4) is 0 Å². The van der Waals surface area contributed by atoms with Gasteiger partial charge < -0.3 is 13.7 Å². The molecule has 0 aromatic heterocycles. The molecule has 0 amide bonds. The molecule has 6 aromatic rings. The summed E-state index contributed by atoms with van der Waals surface area (Å²) in [6.07, 6.45) is 0. The topological polar surface area (TPSA) is 9.72 Å². The summed E-state index contributed by atoms with van der Waals surface area (Å²) in [6.45, 7) is 14.4. The Morgan fingerprint density at radius 1 is 0.304 bits per heavy atom. The fraction of sp³-hybridized carbons (Fsp3) is 0. The van der Waals surface area contributed by atoms with Crippen molar-refractivity contribution in [1.82, 2.24) is 0 Å². The van der Waals surface area contributed by atoms with Crippen LogP contribution in [0.2, 0.25) is 0 Å². The van der Waals surface area contributed by atoms with E-state index in [2.05, 4.69) is 177 Å². The van der Waals surface area contributed by atoms with Crippen molar-refractivity contribution in [2.45, 2.75) is 0 Å².